The molecule has 1 aliphatic heterocycles. The normalized spacial score (nSPS) is 13.0. The van der Waals surface area contributed by atoms with Gasteiger partial charge in [0.05, 0.1) is 10.9 Å². The summed E-state index contributed by atoms with van der Waals surface area (Å²) in [5, 5.41) is 6.39. The average Bonchev–Trinajstić information content (AvgIpc) is 2.79. The molecule has 0 unspecified atom stereocenters. The number of anilines is 3. The Morgan fingerprint density at radius 2 is 1.74 bits per heavy atom. The second-order valence-electron chi connectivity index (χ2n) is 7.47. The Kier molecular flexibility index (Phi) is 4.84. The van der Waals surface area contributed by atoms with Gasteiger partial charge in [-0.05, 0) is 47.9 Å². The second-order valence-corrected chi connectivity index (χ2v) is 7.47. The fourth-order valence-electron chi connectivity index (χ4n) is 3.94. The number of hydrogen-bond acceptors (Lipinski definition) is 4. The molecule has 3 aromatic carbocycles. The first-order chi connectivity index (χ1) is 15.2. The standard InChI is InChI=1S/C24H21N5O2/c30-22-19-10-4-5-11-21(19)26-23(28-22)29-14-13-18-16(15-29)7-6-12-20(18)27-24(31)25-17-8-2-1-3-9-17/h1-12H,13-15H2,(H2,25,27,31)(H,26,28,30). The molecule has 31 heavy (non-hydrogen) atoms. The molecule has 4 aromatic rings. The van der Waals surface area contributed by atoms with E-state index in [9.17, 15) is 9.59 Å². The summed E-state index contributed by atoms with van der Waals surface area (Å²) in [6, 6.07) is 22.3. The highest BCUT2D eigenvalue weighted by molar-refractivity contribution is 6.00. The lowest BCUT2D eigenvalue weighted by molar-refractivity contribution is 0.262. The van der Waals surface area contributed by atoms with Crippen LogP contribution in [0.4, 0.5) is 22.1 Å². The number of aromatic nitrogens is 2. The maximum Gasteiger partial charge on any atom is 0.323 e. The highest BCUT2D eigenvalue weighted by atomic mass is 16.2. The maximum absolute atomic E-state index is 12.4. The summed E-state index contributed by atoms with van der Waals surface area (Å²) in [4.78, 5) is 34.5. The van der Waals surface area contributed by atoms with Crippen molar-refractivity contribution in [3.63, 3.8) is 0 Å². The van der Waals surface area contributed by atoms with Crippen molar-refractivity contribution in [3.8, 4) is 0 Å². The molecule has 0 saturated carbocycles. The van der Waals surface area contributed by atoms with Gasteiger partial charge in [-0.25, -0.2) is 9.78 Å². The number of benzene rings is 3. The van der Waals surface area contributed by atoms with E-state index in [1.165, 1.54) is 0 Å². The van der Waals surface area contributed by atoms with Gasteiger partial charge in [0.2, 0.25) is 5.95 Å². The van der Waals surface area contributed by atoms with Crippen LogP contribution in [-0.2, 0) is 13.0 Å². The minimum absolute atomic E-state index is 0.139. The van der Waals surface area contributed by atoms with E-state index in [1.807, 2.05) is 66.7 Å². The van der Waals surface area contributed by atoms with Crippen molar-refractivity contribution in [2.45, 2.75) is 13.0 Å². The number of carbonyl (C=O) groups is 1. The number of aromatic amines is 1. The number of carbonyl (C=O) groups excluding carboxylic acids is 1. The number of amides is 2. The number of urea groups is 1. The van der Waals surface area contributed by atoms with E-state index < -0.39 is 0 Å². The van der Waals surface area contributed by atoms with Gasteiger partial charge in [0.1, 0.15) is 0 Å². The van der Waals surface area contributed by atoms with E-state index in [-0.39, 0.29) is 11.6 Å². The van der Waals surface area contributed by atoms with Crippen molar-refractivity contribution < 1.29 is 4.79 Å². The fourth-order valence-corrected chi connectivity index (χ4v) is 3.94. The number of rotatable bonds is 3. The van der Waals surface area contributed by atoms with Crippen LogP contribution < -0.4 is 21.1 Å². The zero-order chi connectivity index (χ0) is 21.2. The van der Waals surface area contributed by atoms with Crippen LogP contribution in [0.3, 0.4) is 0 Å². The van der Waals surface area contributed by atoms with Crippen LogP contribution >= 0.6 is 0 Å². The zero-order valence-corrected chi connectivity index (χ0v) is 16.8. The molecule has 7 heteroatoms. The summed E-state index contributed by atoms with van der Waals surface area (Å²) in [6.45, 7) is 1.29. The highest BCUT2D eigenvalue weighted by Gasteiger charge is 2.21. The summed E-state index contributed by atoms with van der Waals surface area (Å²) in [5.41, 5.74) is 4.27. The summed E-state index contributed by atoms with van der Waals surface area (Å²) in [5.74, 6) is 0.564. The molecule has 1 aromatic heterocycles. The molecule has 0 fully saturated rings. The van der Waals surface area contributed by atoms with E-state index in [2.05, 4.69) is 25.5 Å². The van der Waals surface area contributed by atoms with Gasteiger partial charge in [0.25, 0.3) is 5.56 Å². The zero-order valence-electron chi connectivity index (χ0n) is 16.8. The third kappa shape index (κ3) is 3.85. The van der Waals surface area contributed by atoms with Crippen molar-refractivity contribution in [2.24, 2.45) is 0 Å². The first kappa shape index (κ1) is 18.9. The first-order valence-electron chi connectivity index (χ1n) is 10.2. The second kappa shape index (κ2) is 7.95. The number of nitrogens with one attached hydrogen (secondary N) is 3. The molecule has 5 rings (SSSR count). The number of fused-ring (bicyclic) bond motifs is 2. The van der Waals surface area contributed by atoms with Gasteiger partial charge in [0, 0.05) is 24.5 Å². The molecule has 0 saturated heterocycles. The lowest BCUT2D eigenvalue weighted by atomic mass is 9.98. The molecule has 154 valence electrons. The molecule has 0 atom stereocenters. The first-order valence-corrected chi connectivity index (χ1v) is 10.2. The molecular formula is C24H21N5O2. The number of hydrogen-bond donors (Lipinski definition) is 3. The average molecular weight is 411 g/mol. The Bertz CT molecular complexity index is 1320. The number of H-pyrrole nitrogens is 1. The molecule has 3 N–H and O–H groups in total. The Morgan fingerprint density at radius 3 is 2.61 bits per heavy atom. The molecule has 0 spiro atoms. The van der Waals surface area contributed by atoms with Crippen molar-refractivity contribution in [2.75, 3.05) is 22.1 Å². The predicted molar refractivity (Wildman–Crippen MR) is 123 cm³/mol. The van der Waals surface area contributed by atoms with E-state index >= 15 is 0 Å². The van der Waals surface area contributed by atoms with E-state index in [0.717, 1.165) is 28.9 Å². The lowest BCUT2D eigenvalue weighted by Gasteiger charge is -2.30. The number of nitrogens with zero attached hydrogens (tertiary/aromatic N) is 2. The van der Waals surface area contributed by atoms with Gasteiger partial charge in [0.15, 0.2) is 0 Å². The van der Waals surface area contributed by atoms with Crippen LogP contribution in [0.15, 0.2) is 77.6 Å². The summed E-state index contributed by atoms with van der Waals surface area (Å²) in [6.07, 6.45) is 0.730. The van der Waals surface area contributed by atoms with Gasteiger partial charge in [-0.3, -0.25) is 9.78 Å². The number of para-hydroxylation sites is 2. The highest BCUT2D eigenvalue weighted by Crippen LogP contribution is 2.28. The monoisotopic (exact) mass is 411 g/mol. The van der Waals surface area contributed by atoms with Crippen molar-refractivity contribution in [1.82, 2.24) is 9.97 Å². The Morgan fingerprint density at radius 1 is 0.935 bits per heavy atom. The van der Waals surface area contributed by atoms with E-state index in [0.29, 0.717) is 29.9 Å². The van der Waals surface area contributed by atoms with Gasteiger partial charge < -0.3 is 15.5 Å². The molecule has 2 heterocycles. The Hall–Kier alpha value is -4.13. The molecular weight excluding hydrogens is 390 g/mol. The lowest BCUT2D eigenvalue weighted by Crippen LogP contribution is -2.34. The maximum atomic E-state index is 12.4. The Labute approximate surface area is 178 Å². The molecule has 7 nitrogen and oxygen atoms in total. The van der Waals surface area contributed by atoms with Gasteiger partial charge in [-0.2, -0.15) is 0 Å². The SMILES string of the molecule is O=C(Nc1ccccc1)Nc1cccc2c1CCN(c1nc3ccccc3c(=O)[nH]1)C2. The molecule has 0 bridgehead atoms. The third-order valence-electron chi connectivity index (χ3n) is 5.45. The van der Waals surface area contributed by atoms with Gasteiger partial charge in [-0.1, -0.05) is 42.5 Å². The van der Waals surface area contributed by atoms with Gasteiger partial charge in [-0.15, -0.1) is 0 Å². The topological polar surface area (TPSA) is 90.1 Å². The quantitative estimate of drug-likeness (QED) is 0.473. The molecule has 1 aliphatic rings. The molecule has 0 aliphatic carbocycles. The smallest absolute Gasteiger partial charge is 0.323 e. The van der Waals surface area contributed by atoms with Crippen LogP contribution in [-0.4, -0.2) is 22.5 Å². The van der Waals surface area contributed by atoms with E-state index in [4.69, 9.17) is 0 Å². The van der Waals surface area contributed by atoms with Gasteiger partial charge >= 0.3 is 6.03 Å². The van der Waals surface area contributed by atoms with Crippen molar-refractivity contribution in [1.29, 1.82) is 0 Å². The summed E-state index contributed by atoms with van der Waals surface area (Å²) < 4.78 is 0. The van der Waals surface area contributed by atoms with Crippen molar-refractivity contribution >= 4 is 34.3 Å². The minimum Gasteiger partial charge on any atom is -0.338 e. The van der Waals surface area contributed by atoms with Crippen LogP contribution in [0.2, 0.25) is 0 Å². The summed E-state index contributed by atoms with van der Waals surface area (Å²) in [7, 11) is 0. The predicted octanol–water partition coefficient (Wildman–Crippen LogP) is 4.13. The van der Waals surface area contributed by atoms with Crippen molar-refractivity contribution in [3.05, 3.63) is 94.3 Å². The van der Waals surface area contributed by atoms with E-state index in [1.54, 1.807) is 6.07 Å². The Balaban J connectivity index is 1.37. The van der Waals surface area contributed by atoms with Crippen LogP contribution in [0.5, 0.6) is 0 Å². The molecule has 2 amide bonds. The summed E-state index contributed by atoms with van der Waals surface area (Å²) >= 11 is 0. The molecule has 0 radical (unpaired) electrons. The largest absolute Gasteiger partial charge is 0.338 e. The minimum atomic E-state index is -0.275. The van der Waals surface area contributed by atoms with Crippen LogP contribution in [0, 0.1) is 0 Å². The van der Waals surface area contributed by atoms with Crippen LogP contribution in [0.25, 0.3) is 10.9 Å². The third-order valence-corrected chi connectivity index (χ3v) is 5.45. The fraction of sp³-hybridized carbons (Fsp3) is 0.125. The van der Waals surface area contributed by atoms with Crippen LogP contribution in [0.1, 0.15) is 11.1 Å².